The lowest BCUT2D eigenvalue weighted by Gasteiger charge is -2.24. The topological polar surface area (TPSA) is 50.4 Å². The molecule has 0 radical (unpaired) electrons. The van der Waals surface area contributed by atoms with Gasteiger partial charge in [-0.3, -0.25) is 4.79 Å². The molecule has 2 aliphatic carbocycles. The second-order valence-electron chi connectivity index (χ2n) is 6.58. The van der Waals surface area contributed by atoms with Gasteiger partial charge in [0.15, 0.2) is 0 Å². The van der Waals surface area contributed by atoms with Gasteiger partial charge in [0.2, 0.25) is 5.91 Å². The molecule has 0 aromatic heterocycles. The highest BCUT2D eigenvalue weighted by molar-refractivity contribution is 5.81. The van der Waals surface area contributed by atoms with Crippen LogP contribution in [-0.2, 0) is 9.53 Å². The molecule has 0 aromatic rings. The summed E-state index contributed by atoms with van der Waals surface area (Å²) in [6.07, 6.45) is 10.1. The van der Waals surface area contributed by atoms with Crippen LogP contribution in [0.25, 0.3) is 0 Å². The first-order valence-electron chi connectivity index (χ1n) is 7.88. The molecule has 0 bridgehead atoms. The first kappa shape index (κ1) is 13.4. The van der Waals surface area contributed by atoms with Crippen molar-refractivity contribution in [3.63, 3.8) is 0 Å². The predicted molar refractivity (Wildman–Crippen MR) is 73.9 cm³/mol. The Hall–Kier alpha value is -0.610. The highest BCUT2D eigenvalue weighted by atomic mass is 16.5. The van der Waals surface area contributed by atoms with Crippen LogP contribution in [0.1, 0.15) is 58.3 Å². The van der Waals surface area contributed by atoms with E-state index in [1.165, 1.54) is 32.1 Å². The van der Waals surface area contributed by atoms with Crippen LogP contribution in [0.4, 0.5) is 0 Å². The molecule has 0 aromatic carbocycles. The fourth-order valence-corrected chi connectivity index (χ4v) is 3.38. The van der Waals surface area contributed by atoms with Gasteiger partial charge in [-0.15, -0.1) is 0 Å². The normalized spacial score (nSPS) is 30.7. The molecule has 19 heavy (non-hydrogen) atoms. The minimum atomic E-state index is -0.107. The van der Waals surface area contributed by atoms with Crippen LogP contribution in [-0.4, -0.2) is 36.2 Å². The average Bonchev–Trinajstić information content (AvgIpc) is 2.96. The molecule has 2 saturated carbocycles. The molecule has 4 heteroatoms. The maximum atomic E-state index is 11.8. The molecule has 1 saturated heterocycles. The van der Waals surface area contributed by atoms with E-state index < -0.39 is 0 Å². The van der Waals surface area contributed by atoms with E-state index in [1.807, 2.05) is 6.92 Å². The van der Waals surface area contributed by atoms with Crippen LogP contribution < -0.4 is 10.6 Å². The van der Waals surface area contributed by atoms with Gasteiger partial charge in [-0.25, -0.2) is 0 Å². The number of hydrogen-bond donors (Lipinski definition) is 2. The number of nitrogens with one attached hydrogen (secondary N) is 2. The van der Waals surface area contributed by atoms with Gasteiger partial charge in [0.1, 0.15) is 0 Å². The summed E-state index contributed by atoms with van der Waals surface area (Å²) in [6.45, 7) is 2.75. The van der Waals surface area contributed by atoms with Crippen molar-refractivity contribution >= 4 is 5.91 Å². The Balaban J connectivity index is 1.38. The Morgan fingerprint density at radius 1 is 1.26 bits per heavy atom. The lowest BCUT2D eigenvalue weighted by molar-refractivity contribution is -0.123. The van der Waals surface area contributed by atoms with E-state index in [2.05, 4.69) is 10.6 Å². The zero-order chi connectivity index (χ0) is 13.3. The maximum Gasteiger partial charge on any atom is 0.237 e. The molecule has 2 atom stereocenters. The third kappa shape index (κ3) is 3.29. The second-order valence-corrected chi connectivity index (χ2v) is 6.58. The lowest BCUT2D eigenvalue weighted by atomic mass is 9.98. The molecule has 2 unspecified atom stereocenters. The molecule has 108 valence electrons. The quantitative estimate of drug-likeness (QED) is 0.797. The van der Waals surface area contributed by atoms with E-state index >= 15 is 0 Å². The second kappa shape index (κ2) is 5.41. The summed E-state index contributed by atoms with van der Waals surface area (Å²) in [5.74, 6) is 0.135. The summed E-state index contributed by atoms with van der Waals surface area (Å²) in [5, 5.41) is 6.36. The van der Waals surface area contributed by atoms with Gasteiger partial charge in [-0.2, -0.15) is 0 Å². The van der Waals surface area contributed by atoms with E-state index in [1.54, 1.807) is 0 Å². The predicted octanol–water partition coefficient (Wildman–Crippen LogP) is 1.73. The van der Waals surface area contributed by atoms with Gasteiger partial charge in [0, 0.05) is 12.6 Å². The summed E-state index contributed by atoms with van der Waals surface area (Å²) in [5.41, 5.74) is 0.200. The summed E-state index contributed by atoms with van der Waals surface area (Å²) in [7, 11) is 0. The van der Waals surface area contributed by atoms with E-state index in [4.69, 9.17) is 4.74 Å². The van der Waals surface area contributed by atoms with Gasteiger partial charge in [-0.05, 0) is 45.4 Å². The Labute approximate surface area is 115 Å². The molecule has 1 aliphatic heterocycles. The van der Waals surface area contributed by atoms with Gasteiger partial charge < -0.3 is 15.4 Å². The van der Waals surface area contributed by atoms with E-state index in [0.717, 1.165) is 25.8 Å². The third-order valence-corrected chi connectivity index (χ3v) is 4.82. The van der Waals surface area contributed by atoms with Crippen molar-refractivity contribution < 1.29 is 9.53 Å². The average molecular weight is 266 g/mol. The maximum absolute atomic E-state index is 11.8. The summed E-state index contributed by atoms with van der Waals surface area (Å²) in [4.78, 5) is 11.8. The summed E-state index contributed by atoms with van der Waals surface area (Å²) >= 11 is 0. The number of hydrogen-bond acceptors (Lipinski definition) is 3. The van der Waals surface area contributed by atoms with Crippen LogP contribution in [0.2, 0.25) is 0 Å². The molecule has 3 fully saturated rings. The van der Waals surface area contributed by atoms with Gasteiger partial charge in [-0.1, -0.05) is 12.8 Å². The van der Waals surface area contributed by atoms with Crippen LogP contribution in [0, 0.1) is 0 Å². The first-order chi connectivity index (χ1) is 9.17. The molecule has 1 spiro atoms. The van der Waals surface area contributed by atoms with E-state index in [9.17, 15) is 4.79 Å². The standard InChI is InChI=1S/C15H26N2O2/c1-11(14(18)17-12-4-5-12)16-10-13-6-9-15(19-13)7-2-3-8-15/h11-13,16H,2-10H2,1H3,(H,17,18). The Bertz CT molecular complexity index is 335. The molecular formula is C15H26N2O2. The lowest BCUT2D eigenvalue weighted by Crippen LogP contribution is -2.45. The molecule has 1 heterocycles. The Morgan fingerprint density at radius 3 is 2.68 bits per heavy atom. The van der Waals surface area contributed by atoms with Gasteiger partial charge in [0.25, 0.3) is 0 Å². The largest absolute Gasteiger partial charge is 0.370 e. The van der Waals surface area contributed by atoms with Crippen molar-refractivity contribution in [2.45, 2.75) is 82.1 Å². The Kier molecular flexibility index (Phi) is 3.81. The summed E-state index contributed by atoms with van der Waals surface area (Å²) < 4.78 is 6.24. The zero-order valence-corrected chi connectivity index (χ0v) is 11.9. The van der Waals surface area contributed by atoms with Crippen molar-refractivity contribution in [3.05, 3.63) is 0 Å². The van der Waals surface area contributed by atoms with Crippen LogP contribution in [0.5, 0.6) is 0 Å². The fraction of sp³-hybridized carbons (Fsp3) is 0.933. The minimum Gasteiger partial charge on any atom is -0.370 e. The van der Waals surface area contributed by atoms with Crippen LogP contribution in [0.15, 0.2) is 0 Å². The number of amides is 1. The van der Waals surface area contributed by atoms with E-state index in [0.29, 0.717) is 12.1 Å². The summed E-state index contributed by atoms with van der Waals surface area (Å²) in [6, 6.07) is 0.338. The molecule has 2 N–H and O–H groups in total. The smallest absolute Gasteiger partial charge is 0.237 e. The SMILES string of the molecule is CC(NCC1CCC2(CCCC2)O1)C(=O)NC1CC1. The van der Waals surface area contributed by atoms with Gasteiger partial charge in [0.05, 0.1) is 17.7 Å². The van der Waals surface area contributed by atoms with Crippen molar-refractivity contribution in [1.82, 2.24) is 10.6 Å². The fourth-order valence-electron chi connectivity index (χ4n) is 3.38. The molecular weight excluding hydrogens is 240 g/mol. The molecule has 1 amide bonds. The molecule has 3 aliphatic rings. The third-order valence-electron chi connectivity index (χ3n) is 4.82. The minimum absolute atomic E-state index is 0.107. The number of carbonyl (C=O) groups is 1. The molecule has 3 rings (SSSR count). The van der Waals surface area contributed by atoms with E-state index in [-0.39, 0.29) is 17.6 Å². The number of ether oxygens (including phenoxy) is 1. The number of rotatable bonds is 5. The van der Waals surface area contributed by atoms with Crippen molar-refractivity contribution in [3.8, 4) is 0 Å². The first-order valence-corrected chi connectivity index (χ1v) is 7.88. The van der Waals surface area contributed by atoms with Crippen LogP contribution >= 0.6 is 0 Å². The highest BCUT2D eigenvalue weighted by Crippen LogP contribution is 2.43. The monoisotopic (exact) mass is 266 g/mol. The van der Waals surface area contributed by atoms with Crippen LogP contribution in [0.3, 0.4) is 0 Å². The zero-order valence-electron chi connectivity index (χ0n) is 11.9. The number of carbonyl (C=O) groups excluding carboxylic acids is 1. The van der Waals surface area contributed by atoms with Gasteiger partial charge >= 0.3 is 0 Å². The van der Waals surface area contributed by atoms with Crippen molar-refractivity contribution in [2.24, 2.45) is 0 Å². The highest BCUT2D eigenvalue weighted by Gasteiger charge is 2.42. The Morgan fingerprint density at radius 2 is 2.00 bits per heavy atom. The molecule has 4 nitrogen and oxygen atoms in total. The van der Waals surface area contributed by atoms with Crippen molar-refractivity contribution in [2.75, 3.05) is 6.54 Å². The van der Waals surface area contributed by atoms with Crippen molar-refractivity contribution in [1.29, 1.82) is 0 Å².